The number of aryl methyl sites for hydroxylation is 1. The standard InChI is InChI=1S/C12H12BrN3O2S/c1-16-12(14-7-15-16)19-6-9-4-3-8(5-10(9)13)11(17)18-2/h3-5,7H,6H2,1-2H3. The van der Waals surface area contributed by atoms with Crippen LogP contribution in [0.15, 0.2) is 34.2 Å². The summed E-state index contributed by atoms with van der Waals surface area (Å²) < 4.78 is 7.28. The molecule has 19 heavy (non-hydrogen) atoms. The maximum absolute atomic E-state index is 11.4. The van der Waals surface area contributed by atoms with Crippen molar-refractivity contribution in [2.24, 2.45) is 7.05 Å². The Morgan fingerprint density at radius 1 is 1.53 bits per heavy atom. The predicted molar refractivity (Wildman–Crippen MR) is 76.0 cm³/mol. The van der Waals surface area contributed by atoms with Gasteiger partial charge in [-0.3, -0.25) is 0 Å². The molecule has 2 rings (SSSR count). The van der Waals surface area contributed by atoms with E-state index < -0.39 is 0 Å². The van der Waals surface area contributed by atoms with Gasteiger partial charge in [0.05, 0.1) is 12.7 Å². The van der Waals surface area contributed by atoms with Crippen molar-refractivity contribution >= 4 is 33.7 Å². The van der Waals surface area contributed by atoms with Gasteiger partial charge in [-0.1, -0.05) is 33.8 Å². The molecule has 0 radical (unpaired) electrons. The molecular formula is C12H12BrN3O2S. The molecule has 100 valence electrons. The van der Waals surface area contributed by atoms with Gasteiger partial charge in [0, 0.05) is 17.3 Å². The summed E-state index contributed by atoms with van der Waals surface area (Å²) in [5, 5.41) is 4.86. The van der Waals surface area contributed by atoms with E-state index in [0.29, 0.717) is 5.56 Å². The highest BCUT2D eigenvalue weighted by Gasteiger charge is 2.09. The van der Waals surface area contributed by atoms with Gasteiger partial charge < -0.3 is 4.74 Å². The number of carbonyl (C=O) groups excluding carboxylic acids is 1. The Hall–Kier alpha value is -1.34. The molecule has 0 N–H and O–H groups in total. The summed E-state index contributed by atoms with van der Waals surface area (Å²) in [6.07, 6.45) is 1.53. The first-order chi connectivity index (χ1) is 9.11. The van der Waals surface area contributed by atoms with Gasteiger partial charge >= 0.3 is 5.97 Å². The van der Waals surface area contributed by atoms with Crippen molar-refractivity contribution < 1.29 is 9.53 Å². The van der Waals surface area contributed by atoms with Crippen molar-refractivity contribution in [2.75, 3.05) is 7.11 Å². The number of thioether (sulfide) groups is 1. The van der Waals surface area contributed by atoms with Crippen LogP contribution in [0, 0.1) is 0 Å². The zero-order valence-corrected chi connectivity index (χ0v) is 12.9. The maximum Gasteiger partial charge on any atom is 0.337 e. The maximum atomic E-state index is 11.4. The molecule has 1 aromatic heterocycles. The van der Waals surface area contributed by atoms with E-state index in [-0.39, 0.29) is 5.97 Å². The molecule has 0 atom stereocenters. The first-order valence-corrected chi connectivity index (χ1v) is 7.23. The summed E-state index contributed by atoms with van der Waals surface area (Å²) >= 11 is 5.05. The Bertz CT molecular complexity index is 600. The van der Waals surface area contributed by atoms with E-state index in [2.05, 4.69) is 30.7 Å². The highest BCUT2D eigenvalue weighted by molar-refractivity contribution is 9.10. The van der Waals surface area contributed by atoms with Crippen molar-refractivity contribution in [3.63, 3.8) is 0 Å². The second-order valence-corrected chi connectivity index (χ2v) is 5.55. The fourth-order valence-electron chi connectivity index (χ4n) is 1.47. The summed E-state index contributed by atoms with van der Waals surface area (Å²) in [6, 6.07) is 5.42. The molecular weight excluding hydrogens is 330 g/mol. The fraction of sp³-hybridized carbons (Fsp3) is 0.250. The lowest BCUT2D eigenvalue weighted by Gasteiger charge is -2.06. The molecule has 1 aromatic carbocycles. The van der Waals surface area contributed by atoms with Crippen LogP contribution in [-0.4, -0.2) is 27.8 Å². The van der Waals surface area contributed by atoms with E-state index in [1.165, 1.54) is 13.4 Å². The van der Waals surface area contributed by atoms with Crippen molar-refractivity contribution in [1.82, 2.24) is 14.8 Å². The second-order valence-electron chi connectivity index (χ2n) is 3.75. The largest absolute Gasteiger partial charge is 0.465 e. The zero-order valence-electron chi connectivity index (χ0n) is 10.5. The predicted octanol–water partition coefficient (Wildman–Crippen LogP) is 2.66. The number of methoxy groups -OCH3 is 1. The minimum absolute atomic E-state index is 0.340. The van der Waals surface area contributed by atoms with E-state index in [1.54, 1.807) is 28.6 Å². The monoisotopic (exact) mass is 341 g/mol. The van der Waals surface area contributed by atoms with E-state index >= 15 is 0 Å². The van der Waals surface area contributed by atoms with E-state index in [1.807, 2.05) is 13.1 Å². The summed E-state index contributed by atoms with van der Waals surface area (Å²) in [6.45, 7) is 0. The highest BCUT2D eigenvalue weighted by Crippen LogP contribution is 2.26. The smallest absolute Gasteiger partial charge is 0.337 e. The molecule has 0 bridgehead atoms. The van der Waals surface area contributed by atoms with Crippen molar-refractivity contribution in [1.29, 1.82) is 0 Å². The molecule has 5 nitrogen and oxygen atoms in total. The lowest BCUT2D eigenvalue weighted by Crippen LogP contribution is -2.01. The fourth-order valence-corrected chi connectivity index (χ4v) is 3.06. The van der Waals surface area contributed by atoms with Crippen LogP contribution in [0.5, 0.6) is 0 Å². The SMILES string of the molecule is COC(=O)c1ccc(CSc2ncnn2C)c(Br)c1. The van der Waals surface area contributed by atoms with Crippen LogP contribution < -0.4 is 0 Å². The van der Waals surface area contributed by atoms with E-state index in [4.69, 9.17) is 0 Å². The third kappa shape index (κ3) is 3.36. The first kappa shape index (κ1) is 14.1. The number of rotatable bonds is 4. The molecule has 0 aliphatic carbocycles. The Balaban J connectivity index is 2.09. The zero-order chi connectivity index (χ0) is 13.8. The average Bonchev–Trinajstić information content (AvgIpc) is 2.82. The van der Waals surface area contributed by atoms with Crippen LogP contribution in [-0.2, 0) is 17.5 Å². The van der Waals surface area contributed by atoms with Crippen LogP contribution in [0.4, 0.5) is 0 Å². The van der Waals surface area contributed by atoms with Gasteiger partial charge in [-0.2, -0.15) is 5.10 Å². The topological polar surface area (TPSA) is 57.0 Å². The molecule has 0 saturated heterocycles. The summed E-state index contributed by atoms with van der Waals surface area (Å²) in [5.74, 6) is 0.405. The number of hydrogen-bond acceptors (Lipinski definition) is 5. The quantitative estimate of drug-likeness (QED) is 0.632. The number of aromatic nitrogens is 3. The summed E-state index contributed by atoms with van der Waals surface area (Å²) in [4.78, 5) is 15.5. The minimum atomic E-state index is -0.340. The van der Waals surface area contributed by atoms with Crippen molar-refractivity contribution in [3.05, 3.63) is 40.1 Å². The Morgan fingerprint density at radius 3 is 2.89 bits per heavy atom. The first-order valence-electron chi connectivity index (χ1n) is 5.45. The Kier molecular flexibility index (Phi) is 4.60. The lowest BCUT2D eigenvalue weighted by molar-refractivity contribution is 0.0600. The van der Waals surface area contributed by atoms with Crippen LogP contribution in [0.25, 0.3) is 0 Å². The van der Waals surface area contributed by atoms with Gasteiger partial charge in [0.1, 0.15) is 6.33 Å². The normalized spacial score (nSPS) is 10.5. The molecule has 0 fully saturated rings. The molecule has 2 aromatic rings. The highest BCUT2D eigenvalue weighted by atomic mass is 79.9. The van der Waals surface area contributed by atoms with Gasteiger partial charge in [0.25, 0.3) is 0 Å². The molecule has 1 heterocycles. The number of carbonyl (C=O) groups is 1. The molecule has 0 aliphatic heterocycles. The van der Waals surface area contributed by atoms with Crippen LogP contribution in [0.1, 0.15) is 15.9 Å². The van der Waals surface area contributed by atoms with E-state index in [0.717, 1.165) is 20.9 Å². The third-order valence-electron chi connectivity index (χ3n) is 2.50. The van der Waals surface area contributed by atoms with Gasteiger partial charge in [0.2, 0.25) is 0 Å². The molecule has 0 aliphatic rings. The minimum Gasteiger partial charge on any atom is -0.465 e. The Labute approximate surface area is 123 Å². The summed E-state index contributed by atoms with van der Waals surface area (Å²) in [5.41, 5.74) is 1.61. The van der Waals surface area contributed by atoms with Gasteiger partial charge in [-0.05, 0) is 17.7 Å². The molecule has 0 unspecified atom stereocenters. The molecule has 0 spiro atoms. The molecule has 7 heteroatoms. The van der Waals surface area contributed by atoms with Gasteiger partial charge in [-0.15, -0.1) is 0 Å². The average molecular weight is 342 g/mol. The van der Waals surface area contributed by atoms with Gasteiger partial charge in [0.15, 0.2) is 5.16 Å². The number of benzene rings is 1. The van der Waals surface area contributed by atoms with Crippen LogP contribution in [0.2, 0.25) is 0 Å². The van der Waals surface area contributed by atoms with Crippen LogP contribution >= 0.6 is 27.7 Å². The summed E-state index contributed by atoms with van der Waals surface area (Å²) in [7, 11) is 3.22. The number of ether oxygens (including phenoxy) is 1. The number of nitrogens with zero attached hydrogens (tertiary/aromatic N) is 3. The van der Waals surface area contributed by atoms with Crippen LogP contribution in [0.3, 0.4) is 0 Å². The number of esters is 1. The van der Waals surface area contributed by atoms with Gasteiger partial charge in [-0.25, -0.2) is 14.5 Å². The lowest BCUT2D eigenvalue weighted by atomic mass is 10.1. The number of halogens is 1. The molecule has 0 amide bonds. The number of hydrogen-bond donors (Lipinski definition) is 0. The second kappa shape index (κ2) is 6.21. The Morgan fingerprint density at radius 2 is 2.32 bits per heavy atom. The van der Waals surface area contributed by atoms with Crippen molar-refractivity contribution in [3.8, 4) is 0 Å². The van der Waals surface area contributed by atoms with E-state index in [9.17, 15) is 4.79 Å². The van der Waals surface area contributed by atoms with Crippen molar-refractivity contribution in [2.45, 2.75) is 10.9 Å². The molecule has 0 saturated carbocycles. The third-order valence-corrected chi connectivity index (χ3v) is 4.32.